The highest BCUT2D eigenvalue weighted by atomic mass is 16.3. The first-order valence-corrected chi connectivity index (χ1v) is 7.84. The van der Waals surface area contributed by atoms with Gasteiger partial charge in [0, 0.05) is 6.54 Å². The lowest BCUT2D eigenvalue weighted by atomic mass is 9.96. The zero-order valence-corrected chi connectivity index (χ0v) is 12.8. The van der Waals surface area contributed by atoms with E-state index in [4.69, 9.17) is 0 Å². The number of piperidine rings is 1. The predicted molar refractivity (Wildman–Crippen MR) is 83.8 cm³/mol. The molecule has 1 aromatic carbocycles. The maximum atomic E-state index is 9.30. The molecule has 0 atom stereocenters. The van der Waals surface area contributed by atoms with Crippen LogP contribution in [0.3, 0.4) is 0 Å². The highest BCUT2D eigenvalue weighted by Gasteiger charge is 2.18. The van der Waals surface area contributed by atoms with Crippen molar-refractivity contribution in [2.75, 3.05) is 26.2 Å². The summed E-state index contributed by atoms with van der Waals surface area (Å²) in [7, 11) is 0. The molecule has 0 radical (unpaired) electrons. The van der Waals surface area contributed by atoms with Gasteiger partial charge >= 0.3 is 0 Å². The van der Waals surface area contributed by atoms with Gasteiger partial charge < -0.3 is 10.4 Å². The first-order chi connectivity index (χ1) is 9.63. The van der Waals surface area contributed by atoms with Crippen molar-refractivity contribution in [1.29, 1.82) is 0 Å². The highest BCUT2D eigenvalue weighted by molar-refractivity contribution is 5.25. The van der Waals surface area contributed by atoms with Crippen LogP contribution in [0.4, 0.5) is 0 Å². The van der Waals surface area contributed by atoms with Gasteiger partial charge in [-0.2, -0.15) is 0 Å². The van der Waals surface area contributed by atoms with Crippen LogP contribution in [0.15, 0.2) is 24.3 Å². The minimum atomic E-state index is 0.351. The van der Waals surface area contributed by atoms with Crippen LogP contribution in [0.5, 0.6) is 5.75 Å². The van der Waals surface area contributed by atoms with Gasteiger partial charge in [0.1, 0.15) is 5.75 Å². The van der Waals surface area contributed by atoms with Crippen molar-refractivity contribution in [2.24, 2.45) is 11.8 Å². The summed E-state index contributed by atoms with van der Waals surface area (Å²) in [5.41, 5.74) is 1.29. The Morgan fingerprint density at radius 2 is 1.85 bits per heavy atom. The number of likely N-dealkylation sites (tertiary alicyclic amines) is 1. The summed E-state index contributed by atoms with van der Waals surface area (Å²) in [5, 5.41) is 12.9. The number of nitrogens with zero attached hydrogens (tertiary/aromatic N) is 1. The fourth-order valence-electron chi connectivity index (χ4n) is 2.78. The number of phenolic OH excluding ortho intramolecular Hbond substituents is 1. The Labute approximate surface area is 123 Å². The Balaban J connectivity index is 1.67. The van der Waals surface area contributed by atoms with Gasteiger partial charge in [0.15, 0.2) is 0 Å². The van der Waals surface area contributed by atoms with E-state index in [9.17, 15) is 5.11 Å². The molecule has 0 bridgehead atoms. The van der Waals surface area contributed by atoms with E-state index in [-0.39, 0.29) is 0 Å². The fraction of sp³-hybridized carbons (Fsp3) is 0.647. The molecule has 1 aliphatic rings. The fourth-order valence-corrected chi connectivity index (χ4v) is 2.78. The van der Waals surface area contributed by atoms with E-state index in [1.165, 1.54) is 38.0 Å². The van der Waals surface area contributed by atoms with Crippen LogP contribution in [0.2, 0.25) is 0 Å². The Kier molecular flexibility index (Phi) is 5.86. The van der Waals surface area contributed by atoms with Crippen LogP contribution < -0.4 is 5.32 Å². The lowest BCUT2D eigenvalue weighted by molar-refractivity contribution is 0.175. The number of hydrogen-bond donors (Lipinski definition) is 2. The third-order valence-corrected chi connectivity index (χ3v) is 4.04. The molecule has 1 heterocycles. The maximum absolute atomic E-state index is 9.30. The van der Waals surface area contributed by atoms with Gasteiger partial charge in [-0.05, 0) is 68.6 Å². The molecule has 1 fully saturated rings. The third-order valence-electron chi connectivity index (χ3n) is 4.04. The number of phenols is 1. The van der Waals surface area contributed by atoms with Crippen LogP contribution in [0, 0.1) is 11.8 Å². The normalized spacial score (nSPS) is 17.8. The molecule has 1 aromatic rings. The molecule has 2 N–H and O–H groups in total. The molecule has 3 nitrogen and oxygen atoms in total. The Bertz CT molecular complexity index is 380. The largest absolute Gasteiger partial charge is 0.508 e. The van der Waals surface area contributed by atoms with Gasteiger partial charge in [-0.3, -0.25) is 4.90 Å². The van der Waals surface area contributed by atoms with Gasteiger partial charge in [-0.25, -0.2) is 0 Å². The molecular formula is C17H28N2O. The van der Waals surface area contributed by atoms with Gasteiger partial charge in [0.05, 0.1) is 0 Å². The van der Waals surface area contributed by atoms with E-state index in [0.717, 1.165) is 24.9 Å². The number of benzene rings is 1. The molecule has 0 aliphatic carbocycles. The van der Waals surface area contributed by atoms with Gasteiger partial charge in [0.25, 0.3) is 0 Å². The van der Waals surface area contributed by atoms with Crippen LogP contribution in [-0.4, -0.2) is 36.2 Å². The van der Waals surface area contributed by atoms with Crippen molar-refractivity contribution in [3.05, 3.63) is 29.8 Å². The summed E-state index contributed by atoms with van der Waals surface area (Å²) in [5.74, 6) is 1.93. The van der Waals surface area contributed by atoms with E-state index < -0.39 is 0 Å². The van der Waals surface area contributed by atoms with E-state index in [1.54, 1.807) is 12.1 Å². The molecule has 1 saturated heterocycles. The van der Waals surface area contributed by atoms with Crippen molar-refractivity contribution >= 4 is 0 Å². The zero-order chi connectivity index (χ0) is 14.4. The average Bonchev–Trinajstić information content (AvgIpc) is 2.43. The topological polar surface area (TPSA) is 35.5 Å². The van der Waals surface area contributed by atoms with Crippen LogP contribution in [0.1, 0.15) is 32.3 Å². The second kappa shape index (κ2) is 7.65. The monoisotopic (exact) mass is 276 g/mol. The smallest absolute Gasteiger partial charge is 0.115 e. The third kappa shape index (κ3) is 5.14. The molecular weight excluding hydrogens is 248 g/mol. The summed E-state index contributed by atoms with van der Waals surface area (Å²) in [6, 6.07) is 7.59. The lowest BCUT2D eigenvalue weighted by Gasteiger charge is -2.32. The molecule has 2 rings (SSSR count). The molecule has 0 spiro atoms. The molecule has 0 unspecified atom stereocenters. The number of rotatable bonds is 6. The van der Waals surface area contributed by atoms with E-state index in [0.29, 0.717) is 5.75 Å². The minimum absolute atomic E-state index is 0.351. The molecule has 1 aliphatic heterocycles. The SMILES string of the molecule is CC(C)CNCC1CCN(Cc2ccc(O)cc2)CC1. The van der Waals surface area contributed by atoms with Crippen LogP contribution >= 0.6 is 0 Å². The van der Waals surface area contributed by atoms with Gasteiger partial charge in [-0.15, -0.1) is 0 Å². The van der Waals surface area contributed by atoms with Crippen molar-refractivity contribution in [3.8, 4) is 5.75 Å². The van der Waals surface area contributed by atoms with Crippen molar-refractivity contribution in [1.82, 2.24) is 10.2 Å². The number of nitrogens with one attached hydrogen (secondary N) is 1. The predicted octanol–water partition coefficient (Wildman–Crippen LogP) is 2.85. The number of aromatic hydroxyl groups is 1. The molecule has 0 aromatic heterocycles. The average molecular weight is 276 g/mol. The molecule has 112 valence electrons. The Morgan fingerprint density at radius 1 is 1.20 bits per heavy atom. The zero-order valence-electron chi connectivity index (χ0n) is 12.8. The Morgan fingerprint density at radius 3 is 2.45 bits per heavy atom. The Hall–Kier alpha value is -1.06. The quantitative estimate of drug-likeness (QED) is 0.838. The summed E-state index contributed by atoms with van der Waals surface area (Å²) in [4.78, 5) is 2.52. The summed E-state index contributed by atoms with van der Waals surface area (Å²) in [6.45, 7) is 10.2. The van der Waals surface area contributed by atoms with E-state index in [1.807, 2.05) is 12.1 Å². The van der Waals surface area contributed by atoms with E-state index in [2.05, 4.69) is 24.1 Å². The molecule has 3 heteroatoms. The highest BCUT2D eigenvalue weighted by Crippen LogP contribution is 2.19. The van der Waals surface area contributed by atoms with Crippen molar-refractivity contribution in [3.63, 3.8) is 0 Å². The number of hydrogen-bond acceptors (Lipinski definition) is 3. The van der Waals surface area contributed by atoms with Crippen LogP contribution in [0.25, 0.3) is 0 Å². The van der Waals surface area contributed by atoms with Crippen molar-refractivity contribution in [2.45, 2.75) is 33.2 Å². The summed E-state index contributed by atoms with van der Waals surface area (Å²) in [6.07, 6.45) is 2.59. The summed E-state index contributed by atoms with van der Waals surface area (Å²) < 4.78 is 0. The first kappa shape index (κ1) is 15.3. The molecule has 0 saturated carbocycles. The van der Waals surface area contributed by atoms with Gasteiger partial charge in [0.2, 0.25) is 0 Å². The molecule has 20 heavy (non-hydrogen) atoms. The van der Waals surface area contributed by atoms with Crippen molar-refractivity contribution < 1.29 is 5.11 Å². The second-order valence-electron chi connectivity index (χ2n) is 6.44. The van der Waals surface area contributed by atoms with E-state index >= 15 is 0 Å². The standard InChI is InChI=1S/C17H28N2O/c1-14(2)11-18-12-15-7-9-19(10-8-15)13-16-3-5-17(20)6-4-16/h3-6,14-15,18,20H,7-13H2,1-2H3. The minimum Gasteiger partial charge on any atom is -0.508 e. The van der Waals surface area contributed by atoms with Crippen LogP contribution in [-0.2, 0) is 6.54 Å². The molecule has 0 amide bonds. The maximum Gasteiger partial charge on any atom is 0.115 e. The first-order valence-electron chi connectivity index (χ1n) is 7.84. The van der Waals surface area contributed by atoms with Gasteiger partial charge in [-0.1, -0.05) is 26.0 Å². The second-order valence-corrected chi connectivity index (χ2v) is 6.44. The summed E-state index contributed by atoms with van der Waals surface area (Å²) >= 11 is 0. The lowest BCUT2D eigenvalue weighted by Crippen LogP contribution is -2.37.